The van der Waals surface area contributed by atoms with E-state index in [1.807, 2.05) is 35.2 Å². The van der Waals surface area contributed by atoms with Gasteiger partial charge in [0.1, 0.15) is 5.82 Å². The maximum atomic E-state index is 12.9. The third kappa shape index (κ3) is 4.53. The predicted molar refractivity (Wildman–Crippen MR) is 94.8 cm³/mol. The topological polar surface area (TPSA) is 37.4 Å². The number of hydrogen-bond donors (Lipinski definition) is 0. The average molecular weight is 339 g/mol. The third-order valence-corrected chi connectivity index (χ3v) is 4.82. The molecule has 2 aromatic rings. The van der Waals surface area contributed by atoms with Gasteiger partial charge in [-0.25, -0.2) is 4.39 Å². The standard InChI is InChI=1S/C21H22FNO2/c22-19-9-6-16(7-10-19)8-11-20(24)23-14-12-18(13-15-23)21(25)17-4-2-1-3-5-17/h1-7,9-10,18H,8,11-15H2. The molecule has 0 N–H and O–H groups in total. The molecule has 0 atom stereocenters. The van der Waals surface area contributed by atoms with Gasteiger partial charge in [0.15, 0.2) is 5.78 Å². The van der Waals surface area contributed by atoms with E-state index in [9.17, 15) is 14.0 Å². The molecule has 25 heavy (non-hydrogen) atoms. The van der Waals surface area contributed by atoms with Crippen molar-refractivity contribution in [3.8, 4) is 0 Å². The van der Waals surface area contributed by atoms with E-state index in [4.69, 9.17) is 0 Å². The summed E-state index contributed by atoms with van der Waals surface area (Å²) in [4.78, 5) is 26.7. The summed E-state index contributed by atoms with van der Waals surface area (Å²) in [6, 6.07) is 15.6. The number of aryl methyl sites for hydroxylation is 1. The van der Waals surface area contributed by atoms with E-state index in [-0.39, 0.29) is 23.4 Å². The van der Waals surface area contributed by atoms with Crippen LogP contribution in [0.3, 0.4) is 0 Å². The zero-order chi connectivity index (χ0) is 17.6. The molecule has 1 aliphatic heterocycles. The van der Waals surface area contributed by atoms with Crippen molar-refractivity contribution in [3.63, 3.8) is 0 Å². The van der Waals surface area contributed by atoms with Gasteiger partial charge in [-0.3, -0.25) is 9.59 Å². The summed E-state index contributed by atoms with van der Waals surface area (Å²) in [6.45, 7) is 1.26. The highest BCUT2D eigenvalue weighted by molar-refractivity contribution is 5.98. The number of Topliss-reactive ketones (excluding diaryl/α,β-unsaturated/α-hetero) is 1. The fourth-order valence-electron chi connectivity index (χ4n) is 3.29. The number of nitrogens with zero attached hydrogens (tertiary/aromatic N) is 1. The highest BCUT2D eigenvalue weighted by Crippen LogP contribution is 2.22. The first-order valence-electron chi connectivity index (χ1n) is 8.75. The van der Waals surface area contributed by atoms with Crippen molar-refractivity contribution in [2.75, 3.05) is 13.1 Å². The van der Waals surface area contributed by atoms with Crippen LogP contribution in [0.1, 0.15) is 35.2 Å². The molecule has 0 saturated carbocycles. The number of ketones is 1. The SMILES string of the molecule is O=C(c1ccccc1)C1CCN(C(=O)CCc2ccc(F)cc2)CC1. The van der Waals surface area contributed by atoms with Gasteiger partial charge in [0.05, 0.1) is 0 Å². The number of likely N-dealkylation sites (tertiary alicyclic amines) is 1. The Hall–Kier alpha value is -2.49. The van der Waals surface area contributed by atoms with Gasteiger partial charge in [0.25, 0.3) is 0 Å². The molecule has 0 aliphatic carbocycles. The van der Waals surface area contributed by atoms with Crippen molar-refractivity contribution in [1.29, 1.82) is 0 Å². The second kappa shape index (κ2) is 8.06. The van der Waals surface area contributed by atoms with Gasteiger partial charge in [0.2, 0.25) is 5.91 Å². The van der Waals surface area contributed by atoms with Gasteiger partial charge in [0, 0.05) is 31.0 Å². The first kappa shape index (κ1) is 17.3. The zero-order valence-corrected chi connectivity index (χ0v) is 14.2. The molecule has 0 radical (unpaired) electrons. The predicted octanol–water partition coefficient (Wildman–Crippen LogP) is 3.88. The van der Waals surface area contributed by atoms with Crippen LogP contribution in [0.4, 0.5) is 4.39 Å². The molecular formula is C21H22FNO2. The second-order valence-electron chi connectivity index (χ2n) is 6.51. The molecule has 1 amide bonds. The normalized spacial score (nSPS) is 15.2. The molecule has 0 unspecified atom stereocenters. The van der Waals surface area contributed by atoms with E-state index in [1.165, 1.54) is 12.1 Å². The Morgan fingerprint density at radius 2 is 1.60 bits per heavy atom. The fraction of sp³-hybridized carbons (Fsp3) is 0.333. The van der Waals surface area contributed by atoms with Crippen molar-refractivity contribution >= 4 is 11.7 Å². The third-order valence-electron chi connectivity index (χ3n) is 4.82. The molecule has 4 heteroatoms. The Kier molecular flexibility index (Phi) is 5.59. The van der Waals surface area contributed by atoms with E-state index in [2.05, 4.69) is 0 Å². The molecule has 0 bridgehead atoms. The van der Waals surface area contributed by atoms with Gasteiger partial charge in [-0.15, -0.1) is 0 Å². The molecule has 1 heterocycles. The molecule has 1 saturated heterocycles. The van der Waals surface area contributed by atoms with E-state index in [1.54, 1.807) is 12.1 Å². The van der Waals surface area contributed by atoms with Crippen LogP contribution in [0.5, 0.6) is 0 Å². The summed E-state index contributed by atoms with van der Waals surface area (Å²) in [5.74, 6) is 0.0257. The van der Waals surface area contributed by atoms with E-state index >= 15 is 0 Å². The van der Waals surface area contributed by atoms with Gasteiger partial charge in [-0.2, -0.15) is 0 Å². The summed E-state index contributed by atoms with van der Waals surface area (Å²) < 4.78 is 12.9. The first-order chi connectivity index (χ1) is 12.1. The zero-order valence-electron chi connectivity index (χ0n) is 14.2. The molecule has 3 nitrogen and oxygen atoms in total. The number of hydrogen-bond acceptors (Lipinski definition) is 2. The minimum absolute atomic E-state index is 0.00329. The monoisotopic (exact) mass is 339 g/mol. The number of piperidine rings is 1. The van der Waals surface area contributed by atoms with E-state index < -0.39 is 0 Å². The van der Waals surface area contributed by atoms with Crippen LogP contribution in [0.15, 0.2) is 54.6 Å². The van der Waals surface area contributed by atoms with Crippen molar-refractivity contribution in [1.82, 2.24) is 4.90 Å². The molecule has 3 rings (SSSR count). The number of rotatable bonds is 5. The summed E-state index contributed by atoms with van der Waals surface area (Å²) in [5, 5.41) is 0. The number of benzene rings is 2. The van der Waals surface area contributed by atoms with Gasteiger partial charge < -0.3 is 4.90 Å². The molecule has 1 aliphatic rings. The van der Waals surface area contributed by atoms with Crippen molar-refractivity contribution in [2.45, 2.75) is 25.7 Å². The van der Waals surface area contributed by atoms with Crippen LogP contribution in [-0.4, -0.2) is 29.7 Å². The Morgan fingerprint density at radius 3 is 2.24 bits per heavy atom. The van der Waals surface area contributed by atoms with E-state index in [0.717, 1.165) is 24.0 Å². The molecule has 130 valence electrons. The number of carbonyl (C=O) groups excluding carboxylic acids is 2. The number of halogens is 1. The summed E-state index contributed by atoms with van der Waals surface area (Å²) in [6.07, 6.45) is 2.47. The lowest BCUT2D eigenvalue weighted by atomic mass is 9.89. The molecule has 0 spiro atoms. The molecule has 1 fully saturated rings. The summed E-state index contributed by atoms with van der Waals surface area (Å²) in [7, 11) is 0. The molecule has 0 aromatic heterocycles. The summed E-state index contributed by atoms with van der Waals surface area (Å²) in [5.41, 5.74) is 1.72. The van der Waals surface area contributed by atoms with Crippen LogP contribution < -0.4 is 0 Å². The van der Waals surface area contributed by atoms with Crippen LogP contribution in [0.2, 0.25) is 0 Å². The summed E-state index contributed by atoms with van der Waals surface area (Å²) >= 11 is 0. The maximum Gasteiger partial charge on any atom is 0.222 e. The second-order valence-corrected chi connectivity index (χ2v) is 6.51. The highest BCUT2D eigenvalue weighted by atomic mass is 19.1. The van der Waals surface area contributed by atoms with Crippen molar-refractivity contribution in [3.05, 3.63) is 71.5 Å². The van der Waals surface area contributed by atoms with Gasteiger partial charge >= 0.3 is 0 Å². The van der Waals surface area contributed by atoms with Crippen LogP contribution in [0, 0.1) is 11.7 Å². The Labute approximate surface area is 147 Å². The molecule has 2 aromatic carbocycles. The van der Waals surface area contributed by atoms with Crippen molar-refractivity contribution in [2.24, 2.45) is 5.92 Å². The number of amides is 1. The average Bonchev–Trinajstić information content (AvgIpc) is 2.67. The minimum Gasteiger partial charge on any atom is -0.343 e. The largest absolute Gasteiger partial charge is 0.343 e. The lowest BCUT2D eigenvalue weighted by Gasteiger charge is -2.31. The Balaban J connectivity index is 1.47. The lowest BCUT2D eigenvalue weighted by Crippen LogP contribution is -2.40. The molecular weight excluding hydrogens is 317 g/mol. The lowest BCUT2D eigenvalue weighted by molar-refractivity contribution is -0.132. The van der Waals surface area contributed by atoms with Crippen LogP contribution >= 0.6 is 0 Å². The minimum atomic E-state index is -0.264. The van der Waals surface area contributed by atoms with Gasteiger partial charge in [-0.1, -0.05) is 42.5 Å². The quantitative estimate of drug-likeness (QED) is 0.775. The first-order valence-corrected chi connectivity index (χ1v) is 8.75. The Morgan fingerprint density at radius 1 is 0.960 bits per heavy atom. The van der Waals surface area contributed by atoms with Crippen LogP contribution in [0.25, 0.3) is 0 Å². The van der Waals surface area contributed by atoms with E-state index in [0.29, 0.717) is 25.9 Å². The Bertz CT molecular complexity index is 719. The maximum absolute atomic E-state index is 12.9. The van der Waals surface area contributed by atoms with Crippen LogP contribution in [-0.2, 0) is 11.2 Å². The smallest absolute Gasteiger partial charge is 0.222 e. The van der Waals surface area contributed by atoms with Crippen molar-refractivity contribution < 1.29 is 14.0 Å². The van der Waals surface area contributed by atoms with Gasteiger partial charge in [-0.05, 0) is 37.0 Å². The number of carbonyl (C=O) groups is 2. The highest BCUT2D eigenvalue weighted by Gasteiger charge is 2.27. The fourth-order valence-corrected chi connectivity index (χ4v) is 3.29.